The zero-order chi connectivity index (χ0) is 15.6. The zero-order valence-corrected chi connectivity index (χ0v) is 12.7. The van der Waals surface area contributed by atoms with Crippen LogP contribution in [0, 0.1) is 17.8 Å². The van der Waals surface area contributed by atoms with Gasteiger partial charge in [-0.25, -0.2) is 0 Å². The van der Waals surface area contributed by atoms with Crippen LogP contribution in [0.15, 0.2) is 0 Å². The lowest BCUT2D eigenvalue weighted by molar-refractivity contribution is -0.146. The van der Waals surface area contributed by atoms with Gasteiger partial charge >= 0.3 is 5.97 Å². The number of aliphatic carboxylic acids is 1. The number of hydrogen-bond donors (Lipinski definition) is 3. The Bertz CT molecular complexity index is 413. The van der Waals surface area contributed by atoms with Gasteiger partial charge in [0.05, 0.1) is 17.9 Å². The normalized spacial score (nSPS) is 39.4. The third-order valence-corrected chi connectivity index (χ3v) is 5.12. The van der Waals surface area contributed by atoms with Crippen LogP contribution >= 0.6 is 0 Å². The van der Waals surface area contributed by atoms with Crippen LogP contribution in [-0.2, 0) is 14.3 Å². The smallest absolute Gasteiger partial charge is 0.307 e. The second-order valence-electron chi connectivity index (χ2n) is 6.38. The molecule has 0 spiro atoms. The molecule has 2 aliphatic rings. The van der Waals surface area contributed by atoms with E-state index in [9.17, 15) is 19.8 Å². The Hall–Kier alpha value is -1.14. The highest BCUT2D eigenvalue weighted by atomic mass is 16.5. The van der Waals surface area contributed by atoms with E-state index >= 15 is 0 Å². The summed E-state index contributed by atoms with van der Waals surface area (Å²) < 4.78 is 5.32. The topological polar surface area (TPSA) is 95.9 Å². The molecule has 1 aliphatic carbocycles. The van der Waals surface area contributed by atoms with E-state index in [4.69, 9.17) is 4.74 Å². The van der Waals surface area contributed by atoms with E-state index in [1.54, 1.807) is 6.92 Å². The van der Waals surface area contributed by atoms with Crippen LogP contribution in [0.4, 0.5) is 0 Å². The molecule has 0 bridgehead atoms. The summed E-state index contributed by atoms with van der Waals surface area (Å²) in [7, 11) is 0. The van der Waals surface area contributed by atoms with E-state index < -0.39 is 23.4 Å². The van der Waals surface area contributed by atoms with Crippen LogP contribution in [-0.4, -0.2) is 46.9 Å². The predicted molar refractivity (Wildman–Crippen MR) is 75.6 cm³/mol. The third-order valence-electron chi connectivity index (χ3n) is 5.12. The summed E-state index contributed by atoms with van der Waals surface area (Å²) in [6, 6.07) is 0. The predicted octanol–water partition coefficient (Wildman–Crippen LogP) is 0.779. The lowest BCUT2D eigenvalue weighted by Crippen LogP contribution is -2.49. The van der Waals surface area contributed by atoms with E-state index in [0.29, 0.717) is 31.8 Å². The second kappa shape index (κ2) is 6.32. The fraction of sp³-hybridized carbons (Fsp3) is 0.867. The van der Waals surface area contributed by atoms with Crippen LogP contribution in [0.25, 0.3) is 0 Å². The van der Waals surface area contributed by atoms with Gasteiger partial charge in [-0.15, -0.1) is 0 Å². The first-order valence-electron chi connectivity index (χ1n) is 7.72. The van der Waals surface area contributed by atoms with Crippen molar-refractivity contribution in [3.8, 4) is 0 Å². The zero-order valence-electron chi connectivity index (χ0n) is 12.7. The van der Waals surface area contributed by atoms with Crippen molar-refractivity contribution in [2.45, 2.75) is 51.2 Å². The van der Waals surface area contributed by atoms with Crippen molar-refractivity contribution in [3.63, 3.8) is 0 Å². The fourth-order valence-corrected chi connectivity index (χ4v) is 3.41. The van der Waals surface area contributed by atoms with Gasteiger partial charge in [0.25, 0.3) is 0 Å². The van der Waals surface area contributed by atoms with Gasteiger partial charge in [0.2, 0.25) is 5.91 Å². The second-order valence-corrected chi connectivity index (χ2v) is 6.38. The fourth-order valence-electron chi connectivity index (χ4n) is 3.41. The van der Waals surface area contributed by atoms with Crippen LogP contribution in [0.5, 0.6) is 0 Å². The molecule has 1 amide bonds. The van der Waals surface area contributed by atoms with E-state index in [-0.39, 0.29) is 18.6 Å². The monoisotopic (exact) mass is 299 g/mol. The van der Waals surface area contributed by atoms with E-state index in [2.05, 4.69) is 5.32 Å². The first-order chi connectivity index (χ1) is 9.87. The lowest BCUT2D eigenvalue weighted by atomic mass is 9.93. The van der Waals surface area contributed by atoms with Crippen molar-refractivity contribution < 1.29 is 24.5 Å². The van der Waals surface area contributed by atoms with E-state index in [1.165, 1.54) is 0 Å². The molecule has 3 N–H and O–H groups in total. The van der Waals surface area contributed by atoms with Gasteiger partial charge in [0, 0.05) is 19.6 Å². The molecule has 1 saturated heterocycles. The Morgan fingerprint density at radius 2 is 2.00 bits per heavy atom. The third kappa shape index (κ3) is 3.37. The summed E-state index contributed by atoms with van der Waals surface area (Å²) in [4.78, 5) is 23.6. The molecule has 21 heavy (non-hydrogen) atoms. The minimum Gasteiger partial charge on any atom is -0.481 e. The minimum atomic E-state index is -1.04. The molecule has 0 aromatic carbocycles. The van der Waals surface area contributed by atoms with Gasteiger partial charge < -0.3 is 20.3 Å². The molecule has 0 aromatic heterocycles. The first-order valence-corrected chi connectivity index (χ1v) is 7.72. The number of rotatable bonds is 5. The summed E-state index contributed by atoms with van der Waals surface area (Å²) in [6.45, 7) is 4.39. The van der Waals surface area contributed by atoms with Crippen molar-refractivity contribution in [1.29, 1.82) is 0 Å². The standard InChI is InChI=1S/C15H25NO5/c1-3-10-6-11(12(7-10)14(18)19)13(17)16-8-15(20)4-5-21-9(15)2/h9-12,20H,3-8H2,1-2H3,(H,16,17)(H,18,19)/t9?,10?,11-,12+,15?/m0/s1. The Kier molecular flexibility index (Phi) is 4.88. The van der Waals surface area contributed by atoms with Crippen molar-refractivity contribution in [2.24, 2.45) is 17.8 Å². The summed E-state index contributed by atoms with van der Waals surface area (Å²) in [6.07, 6.45) is 2.24. The van der Waals surface area contributed by atoms with Crippen molar-refractivity contribution >= 4 is 11.9 Å². The first kappa shape index (κ1) is 16.2. The molecule has 6 nitrogen and oxygen atoms in total. The SMILES string of the molecule is CCC1C[C@H](C(=O)NCC2(O)CCOC2C)[C@H](C(=O)O)C1. The van der Waals surface area contributed by atoms with Crippen molar-refractivity contribution in [2.75, 3.05) is 13.2 Å². The largest absolute Gasteiger partial charge is 0.481 e. The van der Waals surface area contributed by atoms with Crippen molar-refractivity contribution in [3.05, 3.63) is 0 Å². The molecule has 5 atom stereocenters. The molecular formula is C15H25NO5. The molecule has 2 rings (SSSR count). The lowest BCUT2D eigenvalue weighted by Gasteiger charge is -2.27. The number of hydrogen-bond acceptors (Lipinski definition) is 4. The van der Waals surface area contributed by atoms with Crippen LogP contribution in [0.3, 0.4) is 0 Å². The molecule has 3 unspecified atom stereocenters. The summed E-state index contributed by atoms with van der Waals surface area (Å²) >= 11 is 0. The molecule has 0 aromatic rings. The molecule has 0 radical (unpaired) electrons. The van der Waals surface area contributed by atoms with Gasteiger partial charge in [0.15, 0.2) is 0 Å². The van der Waals surface area contributed by atoms with E-state index in [0.717, 1.165) is 6.42 Å². The Morgan fingerprint density at radius 3 is 2.52 bits per heavy atom. The minimum absolute atomic E-state index is 0.118. The number of amides is 1. The van der Waals surface area contributed by atoms with Crippen LogP contribution in [0.2, 0.25) is 0 Å². The van der Waals surface area contributed by atoms with Crippen molar-refractivity contribution in [1.82, 2.24) is 5.32 Å². The summed E-state index contributed by atoms with van der Waals surface area (Å²) in [5.41, 5.74) is -1.04. The van der Waals surface area contributed by atoms with E-state index in [1.807, 2.05) is 6.92 Å². The Labute approximate surface area is 124 Å². The number of carboxylic acids is 1. The molecule has 120 valence electrons. The van der Waals surface area contributed by atoms with Crippen LogP contribution in [0.1, 0.15) is 39.5 Å². The highest BCUT2D eigenvalue weighted by Crippen LogP contribution is 2.38. The number of ether oxygens (including phenoxy) is 1. The summed E-state index contributed by atoms with van der Waals surface area (Å²) in [5.74, 6) is -1.97. The number of carbonyl (C=O) groups excluding carboxylic acids is 1. The Balaban J connectivity index is 1.94. The maximum Gasteiger partial charge on any atom is 0.307 e. The van der Waals surface area contributed by atoms with Crippen LogP contribution < -0.4 is 5.32 Å². The average molecular weight is 299 g/mol. The number of nitrogens with one attached hydrogen (secondary N) is 1. The highest BCUT2D eigenvalue weighted by molar-refractivity contribution is 5.85. The maximum absolute atomic E-state index is 12.3. The molecule has 1 saturated carbocycles. The number of aliphatic hydroxyl groups is 1. The molecule has 1 aliphatic heterocycles. The highest BCUT2D eigenvalue weighted by Gasteiger charge is 2.44. The van der Waals surface area contributed by atoms with Gasteiger partial charge in [-0.1, -0.05) is 13.3 Å². The quantitative estimate of drug-likeness (QED) is 0.697. The Morgan fingerprint density at radius 1 is 1.33 bits per heavy atom. The van der Waals surface area contributed by atoms with Gasteiger partial charge in [0.1, 0.15) is 5.60 Å². The molecule has 6 heteroatoms. The molecular weight excluding hydrogens is 274 g/mol. The van der Waals surface area contributed by atoms with Gasteiger partial charge in [-0.3, -0.25) is 9.59 Å². The average Bonchev–Trinajstić information content (AvgIpc) is 3.01. The number of carboxylic acid groups (broad SMARTS) is 1. The van der Waals surface area contributed by atoms with Gasteiger partial charge in [-0.2, -0.15) is 0 Å². The molecule has 1 heterocycles. The van der Waals surface area contributed by atoms with Gasteiger partial charge in [-0.05, 0) is 25.7 Å². The molecule has 2 fully saturated rings. The maximum atomic E-state index is 12.3. The number of carbonyl (C=O) groups is 2. The summed E-state index contributed by atoms with van der Waals surface area (Å²) in [5, 5.41) is 22.4.